The Balaban J connectivity index is 1.59. The minimum atomic E-state index is -0.340. The minimum absolute atomic E-state index is 0.106. The van der Waals surface area contributed by atoms with Gasteiger partial charge in [0.05, 0.1) is 46.4 Å². The first-order valence-corrected chi connectivity index (χ1v) is 10.9. The molecule has 0 saturated carbocycles. The van der Waals surface area contributed by atoms with Crippen molar-refractivity contribution in [2.75, 3.05) is 31.2 Å². The third-order valence-electron chi connectivity index (χ3n) is 4.83. The van der Waals surface area contributed by atoms with Crippen molar-refractivity contribution in [3.05, 3.63) is 46.8 Å². The van der Waals surface area contributed by atoms with Crippen molar-refractivity contribution in [2.45, 2.75) is 6.61 Å². The lowest BCUT2D eigenvalue weighted by Crippen LogP contribution is -2.35. The predicted molar refractivity (Wildman–Crippen MR) is 113 cm³/mol. The van der Waals surface area contributed by atoms with Gasteiger partial charge in [-0.2, -0.15) is 0 Å². The van der Waals surface area contributed by atoms with Crippen molar-refractivity contribution in [3.63, 3.8) is 0 Å². The molecule has 4 aromatic rings. The van der Waals surface area contributed by atoms with Gasteiger partial charge in [0.1, 0.15) is 17.2 Å². The number of fused-ring (bicyclic) bond motifs is 1. The number of hydrogen-bond donors (Lipinski definition) is 1. The summed E-state index contributed by atoms with van der Waals surface area (Å²) in [6, 6.07) is 6.93. The molecule has 1 fully saturated rings. The number of aliphatic hydroxyl groups excluding tert-OH is 1. The van der Waals surface area contributed by atoms with E-state index in [4.69, 9.17) is 4.74 Å². The van der Waals surface area contributed by atoms with E-state index in [1.54, 1.807) is 23.5 Å². The van der Waals surface area contributed by atoms with Crippen molar-refractivity contribution in [1.29, 1.82) is 0 Å². The summed E-state index contributed by atoms with van der Waals surface area (Å²) < 4.78 is 21.1. The van der Waals surface area contributed by atoms with Gasteiger partial charge in [-0.3, -0.25) is 0 Å². The molecule has 148 valence electrons. The Hall–Kier alpha value is -2.46. The fourth-order valence-corrected chi connectivity index (χ4v) is 5.18. The van der Waals surface area contributed by atoms with Gasteiger partial charge in [0.25, 0.3) is 0 Å². The van der Waals surface area contributed by atoms with Gasteiger partial charge in [0.2, 0.25) is 0 Å². The van der Waals surface area contributed by atoms with Crippen LogP contribution < -0.4 is 4.90 Å². The molecule has 0 bridgehead atoms. The zero-order valence-corrected chi connectivity index (χ0v) is 17.0. The normalized spacial score (nSPS) is 14.6. The van der Waals surface area contributed by atoms with Gasteiger partial charge in [-0.15, -0.1) is 22.7 Å². The Kier molecular flexibility index (Phi) is 4.96. The number of morpholine rings is 1. The maximum atomic E-state index is 14.8. The third-order valence-corrected chi connectivity index (χ3v) is 6.85. The maximum absolute atomic E-state index is 14.8. The molecule has 29 heavy (non-hydrogen) atoms. The molecule has 1 aromatic carbocycles. The van der Waals surface area contributed by atoms with E-state index in [9.17, 15) is 9.50 Å². The number of ether oxygens (including phenoxy) is 1. The van der Waals surface area contributed by atoms with E-state index < -0.39 is 0 Å². The highest BCUT2D eigenvalue weighted by molar-refractivity contribution is 7.23. The average molecular weight is 429 g/mol. The van der Waals surface area contributed by atoms with E-state index in [0.29, 0.717) is 35.2 Å². The molecule has 0 spiro atoms. The molecule has 1 N–H and O–H groups in total. The number of thiazole rings is 1. The Morgan fingerprint density at radius 1 is 1.17 bits per heavy atom. The highest BCUT2D eigenvalue weighted by atomic mass is 32.1. The highest BCUT2D eigenvalue weighted by Crippen LogP contribution is 2.38. The number of rotatable bonds is 4. The first-order chi connectivity index (χ1) is 14.2. The molecule has 1 aliphatic heterocycles. The number of anilines is 1. The van der Waals surface area contributed by atoms with Gasteiger partial charge >= 0.3 is 0 Å². The molecular formula is C20H17FN4O2S2. The first kappa shape index (κ1) is 18.6. The van der Waals surface area contributed by atoms with Crippen LogP contribution in [0.25, 0.3) is 32.7 Å². The minimum Gasteiger partial charge on any atom is -0.389 e. The van der Waals surface area contributed by atoms with Gasteiger partial charge in [-0.1, -0.05) is 0 Å². The molecule has 4 heterocycles. The third kappa shape index (κ3) is 3.51. The molecule has 0 atom stereocenters. The molecular weight excluding hydrogens is 411 g/mol. The average Bonchev–Trinajstić information content (AvgIpc) is 3.42. The number of nitrogens with zero attached hydrogens (tertiary/aromatic N) is 4. The number of halogens is 1. The predicted octanol–water partition coefficient (Wildman–Crippen LogP) is 3.95. The molecule has 6 nitrogen and oxygen atoms in total. The molecule has 3 aromatic heterocycles. The molecule has 1 saturated heterocycles. The van der Waals surface area contributed by atoms with Crippen molar-refractivity contribution < 1.29 is 14.2 Å². The van der Waals surface area contributed by atoms with Crippen molar-refractivity contribution in [1.82, 2.24) is 15.0 Å². The summed E-state index contributed by atoms with van der Waals surface area (Å²) >= 11 is 2.95. The molecule has 9 heteroatoms. The molecule has 5 rings (SSSR count). The summed E-state index contributed by atoms with van der Waals surface area (Å²) in [4.78, 5) is 15.4. The van der Waals surface area contributed by atoms with E-state index in [1.165, 1.54) is 23.7 Å². The van der Waals surface area contributed by atoms with Gasteiger partial charge < -0.3 is 14.7 Å². The fraction of sp³-hybridized carbons (Fsp3) is 0.250. The summed E-state index contributed by atoms with van der Waals surface area (Å²) in [6.07, 6.45) is 1.48. The monoisotopic (exact) mass is 428 g/mol. The number of hydrogen-bond acceptors (Lipinski definition) is 8. The van der Waals surface area contributed by atoms with Crippen LogP contribution in [-0.4, -0.2) is 46.4 Å². The molecule has 0 aliphatic carbocycles. The van der Waals surface area contributed by atoms with Crippen LogP contribution in [-0.2, 0) is 11.3 Å². The first-order valence-electron chi connectivity index (χ1n) is 9.16. The SMILES string of the molecule is OCc1nc(-c2ccc(F)c(-c3ncnc4cc(N5CCOCC5)sc34)c2)cs1. The Labute approximate surface area is 174 Å². The van der Waals surface area contributed by atoms with Crippen molar-refractivity contribution in [3.8, 4) is 22.5 Å². The number of aromatic nitrogens is 3. The summed E-state index contributed by atoms with van der Waals surface area (Å²) in [6.45, 7) is 2.96. The van der Waals surface area contributed by atoms with Crippen LogP contribution in [0.5, 0.6) is 0 Å². The quantitative estimate of drug-likeness (QED) is 0.531. The van der Waals surface area contributed by atoms with Crippen LogP contribution in [0.1, 0.15) is 5.01 Å². The van der Waals surface area contributed by atoms with Crippen LogP contribution in [0.3, 0.4) is 0 Å². The molecule has 1 aliphatic rings. The zero-order chi connectivity index (χ0) is 19.8. The number of aliphatic hydroxyl groups is 1. The van der Waals surface area contributed by atoms with E-state index in [-0.39, 0.29) is 12.4 Å². The lowest BCUT2D eigenvalue weighted by atomic mass is 10.1. The second-order valence-electron chi connectivity index (χ2n) is 6.60. The summed E-state index contributed by atoms with van der Waals surface area (Å²) in [5.74, 6) is -0.340. The van der Waals surface area contributed by atoms with E-state index >= 15 is 0 Å². The topological polar surface area (TPSA) is 71.4 Å². The van der Waals surface area contributed by atoms with Gasteiger partial charge in [-0.05, 0) is 24.3 Å². The summed E-state index contributed by atoms with van der Waals surface area (Å²) in [7, 11) is 0. The zero-order valence-electron chi connectivity index (χ0n) is 15.3. The van der Waals surface area contributed by atoms with Crippen molar-refractivity contribution in [2.24, 2.45) is 0 Å². The number of thiophene rings is 1. The Morgan fingerprint density at radius 3 is 2.83 bits per heavy atom. The standard InChI is InChI=1S/C20H17FN4O2S2/c21-14-2-1-12(16-10-28-17(9-26)24-16)7-13(14)19-20-15(22-11-23-19)8-18(29-20)25-3-5-27-6-4-25/h1-2,7-8,10-11,26H,3-6,9H2. The van der Waals surface area contributed by atoms with Crippen molar-refractivity contribution >= 4 is 37.9 Å². The molecule has 0 radical (unpaired) electrons. The largest absolute Gasteiger partial charge is 0.389 e. The lowest BCUT2D eigenvalue weighted by Gasteiger charge is -2.27. The second-order valence-corrected chi connectivity index (χ2v) is 8.57. The van der Waals surface area contributed by atoms with E-state index in [0.717, 1.165) is 33.9 Å². The van der Waals surface area contributed by atoms with Gasteiger partial charge in [0.15, 0.2) is 0 Å². The Bertz CT molecular complexity index is 1170. The highest BCUT2D eigenvalue weighted by Gasteiger charge is 2.19. The number of benzene rings is 1. The summed E-state index contributed by atoms with van der Waals surface area (Å²) in [5, 5.41) is 12.8. The molecule has 0 unspecified atom stereocenters. The fourth-order valence-electron chi connectivity index (χ4n) is 3.36. The van der Waals surface area contributed by atoms with E-state index in [1.807, 2.05) is 11.4 Å². The van der Waals surface area contributed by atoms with Crippen LogP contribution in [0, 0.1) is 5.82 Å². The smallest absolute Gasteiger partial charge is 0.132 e. The van der Waals surface area contributed by atoms with Crippen LogP contribution in [0.4, 0.5) is 9.39 Å². The van der Waals surface area contributed by atoms with Crippen LogP contribution >= 0.6 is 22.7 Å². The van der Waals surface area contributed by atoms with E-state index in [2.05, 4.69) is 19.9 Å². The van der Waals surface area contributed by atoms with Crippen LogP contribution in [0.15, 0.2) is 36.0 Å². The van der Waals surface area contributed by atoms with Crippen LogP contribution in [0.2, 0.25) is 0 Å². The second kappa shape index (κ2) is 7.75. The maximum Gasteiger partial charge on any atom is 0.132 e. The van der Waals surface area contributed by atoms with Gasteiger partial charge in [-0.25, -0.2) is 19.3 Å². The lowest BCUT2D eigenvalue weighted by molar-refractivity contribution is 0.123. The molecule has 0 amide bonds. The summed E-state index contributed by atoms with van der Waals surface area (Å²) in [5.41, 5.74) is 3.31. The Morgan fingerprint density at radius 2 is 2.03 bits per heavy atom. The van der Waals surface area contributed by atoms with Gasteiger partial charge in [0, 0.05) is 29.6 Å².